The third-order valence-electron chi connectivity index (χ3n) is 5.43. The summed E-state index contributed by atoms with van der Waals surface area (Å²) in [6, 6.07) is 23.5. The molecule has 1 unspecified atom stereocenters. The molecule has 0 bridgehead atoms. The molecule has 2 amide bonds. The Kier molecular flexibility index (Phi) is 7.78. The second-order valence-corrected chi connectivity index (χ2v) is 8.77. The summed E-state index contributed by atoms with van der Waals surface area (Å²) in [6.07, 6.45) is 1.78. The van der Waals surface area contributed by atoms with E-state index in [-0.39, 0.29) is 24.8 Å². The highest BCUT2D eigenvalue weighted by Gasteiger charge is 2.32. The lowest BCUT2D eigenvalue weighted by Crippen LogP contribution is -2.43. The standard InChI is InChI=1S/C27H26N2O4S/c1-32-22-13-11-20(12-14-22)18-28-27(31)26(21-7-3-2-4-8-21)29(19-23-9-5-15-33-23)25(30)17-24-10-6-16-34-24/h2-16,26H,17-19H2,1H3,(H,28,31). The van der Waals surface area contributed by atoms with Gasteiger partial charge in [0.05, 0.1) is 26.3 Å². The van der Waals surface area contributed by atoms with Crippen LogP contribution in [0.4, 0.5) is 0 Å². The first kappa shape index (κ1) is 23.3. The molecule has 6 nitrogen and oxygen atoms in total. The summed E-state index contributed by atoms with van der Waals surface area (Å²) >= 11 is 1.52. The van der Waals surface area contributed by atoms with Crippen LogP contribution in [0.25, 0.3) is 0 Å². The molecular formula is C27H26N2O4S. The molecule has 0 aliphatic rings. The van der Waals surface area contributed by atoms with E-state index in [0.717, 1.165) is 21.8 Å². The number of carbonyl (C=O) groups excluding carboxylic acids is 2. The molecule has 1 N–H and O–H groups in total. The molecule has 4 rings (SSSR count). The van der Waals surface area contributed by atoms with Gasteiger partial charge in [-0.2, -0.15) is 0 Å². The summed E-state index contributed by atoms with van der Waals surface area (Å²) in [5.41, 5.74) is 1.67. The van der Waals surface area contributed by atoms with Crippen LogP contribution >= 0.6 is 11.3 Å². The minimum absolute atomic E-state index is 0.146. The van der Waals surface area contributed by atoms with Crippen molar-refractivity contribution in [3.63, 3.8) is 0 Å². The van der Waals surface area contributed by atoms with Gasteiger partial charge in [0, 0.05) is 11.4 Å². The Hall–Kier alpha value is -3.84. The average Bonchev–Trinajstić information content (AvgIpc) is 3.58. The van der Waals surface area contributed by atoms with Gasteiger partial charge in [-0.1, -0.05) is 48.5 Å². The number of methoxy groups -OCH3 is 1. The van der Waals surface area contributed by atoms with Crippen LogP contribution in [0.2, 0.25) is 0 Å². The van der Waals surface area contributed by atoms with Gasteiger partial charge in [0.1, 0.15) is 17.6 Å². The molecule has 0 saturated heterocycles. The lowest BCUT2D eigenvalue weighted by atomic mass is 10.0. The van der Waals surface area contributed by atoms with Gasteiger partial charge in [0.2, 0.25) is 11.8 Å². The number of furan rings is 1. The van der Waals surface area contributed by atoms with Crippen molar-refractivity contribution in [1.29, 1.82) is 0 Å². The van der Waals surface area contributed by atoms with E-state index in [2.05, 4.69) is 5.32 Å². The van der Waals surface area contributed by atoms with Crippen molar-refractivity contribution in [3.05, 3.63) is 112 Å². The Labute approximate surface area is 202 Å². The first-order valence-electron chi connectivity index (χ1n) is 10.9. The quantitative estimate of drug-likeness (QED) is 0.352. The molecule has 4 aromatic rings. The molecule has 0 aliphatic carbocycles. The van der Waals surface area contributed by atoms with Crippen LogP contribution in [-0.4, -0.2) is 23.8 Å². The van der Waals surface area contributed by atoms with E-state index in [9.17, 15) is 9.59 Å². The van der Waals surface area contributed by atoms with Crippen LogP contribution in [0.1, 0.15) is 27.8 Å². The first-order valence-corrected chi connectivity index (χ1v) is 11.8. The number of amides is 2. The van der Waals surface area contributed by atoms with E-state index >= 15 is 0 Å². The predicted molar refractivity (Wildman–Crippen MR) is 131 cm³/mol. The number of carbonyl (C=O) groups is 2. The minimum Gasteiger partial charge on any atom is -0.497 e. The Morgan fingerprint density at radius 1 is 1.00 bits per heavy atom. The molecule has 2 aromatic carbocycles. The van der Waals surface area contributed by atoms with Crippen molar-refractivity contribution in [3.8, 4) is 5.75 Å². The normalized spacial score (nSPS) is 11.6. The number of hydrogen-bond acceptors (Lipinski definition) is 5. The summed E-state index contributed by atoms with van der Waals surface area (Å²) in [5.74, 6) is 0.963. The molecule has 2 heterocycles. The second kappa shape index (κ2) is 11.3. The lowest BCUT2D eigenvalue weighted by molar-refractivity contribution is -0.141. The highest BCUT2D eigenvalue weighted by molar-refractivity contribution is 7.10. The fourth-order valence-electron chi connectivity index (χ4n) is 3.70. The van der Waals surface area contributed by atoms with E-state index in [1.165, 1.54) is 11.3 Å². The molecule has 1 atom stereocenters. The van der Waals surface area contributed by atoms with Crippen molar-refractivity contribution < 1.29 is 18.7 Å². The van der Waals surface area contributed by atoms with Crippen molar-refractivity contribution in [2.75, 3.05) is 7.11 Å². The number of nitrogens with zero attached hydrogens (tertiary/aromatic N) is 1. The first-order chi connectivity index (χ1) is 16.6. The summed E-state index contributed by atoms with van der Waals surface area (Å²) in [4.78, 5) is 29.6. The molecule has 0 aliphatic heterocycles. The SMILES string of the molecule is COc1ccc(CNC(=O)C(c2ccccc2)N(Cc2ccco2)C(=O)Cc2cccs2)cc1. The maximum absolute atomic E-state index is 13.6. The largest absolute Gasteiger partial charge is 0.497 e. The van der Waals surface area contributed by atoms with Gasteiger partial charge in [0.15, 0.2) is 0 Å². The van der Waals surface area contributed by atoms with Gasteiger partial charge in [-0.3, -0.25) is 9.59 Å². The predicted octanol–water partition coefficient (Wildman–Crippen LogP) is 4.98. The number of nitrogens with one attached hydrogen (secondary N) is 1. The summed E-state index contributed by atoms with van der Waals surface area (Å²) in [7, 11) is 1.61. The van der Waals surface area contributed by atoms with Gasteiger partial charge in [-0.25, -0.2) is 0 Å². The van der Waals surface area contributed by atoms with E-state index in [1.807, 2.05) is 78.2 Å². The zero-order valence-electron chi connectivity index (χ0n) is 18.8. The van der Waals surface area contributed by atoms with Crippen molar-refractivity contribution in [2.24, 2.45) is 0 Å². The second-order valence-electron chi connectivity index (χ2n) is 7.74. The Morgan fingerprint density at radius 3 is 2.44 bits per heavy atom. The number of ether oxygens (including phenoxy) is 1. The van der Waals surface area contributed by atoms with Gasteiger partial charge in [-0.15, -0.1) is 11.3 Å². The van der Waals surface area contributed by atoms with Crippen molar-refractivity contribution in [2.45, 2.75) is 25.6 Å². The van der Waals surface area contributed by atoms with E-state index < -0.39 is 6.04 Å². The van der Waals surface area contributed by atoms with Gasteiger partial charge < -0.3 is 19.4 Å². The minimum atomic E-state index is -0.808. The smallest absolute Gasteiger partial charge is 0.247 e. The molecule has 0 radical (unpaired) electrons. The number of thiophene rings is 1. The number of rotatable bonds is 10. The molecule has 0 fully saturated rings. The topological polar surface area (TPSA) is 71.8 Å². The third kappa shape index (κ3) is 5.94. The maximum Gasteiger partial charge on any atom is 0.247 e. The highest BCUT2D eigenvalue weighted by Crippen LogP contribution is 2.26. The van der Waals surface area contributed by atoms with Gasteiger partial charge in [-0.05, 0) is 46.8 Å². The Morgan fingerprint density at radius 2 is 1.79 bits per heavy atom. The molecule has 7 heteroatoms. The average molecular weight is 475 g/mol. The van der Waals surface area contributed by atoms with Crippen LogP contribution in [0.3, 0.4) is 0 Å². The maximum atomic E-state index is 13.6. The van der Waals surface area contributed by atoms with Gasteiger partial charge in [0.25, 0.3) is 0 Å². The van der Waals surface area contributed by atoms with Gasteiger partial charge >= 0.3 is 0 Å². The Bertz CT molecular complexity index is 1170. The summed E-state index contributed by atoms with van der Waals surface area (Å²) in [6.45, 7) is 0.520. The van der Waals surface area contributed by atoms with E-state index in [0.29, 0.717) is 12.3 Å². The molecule has 0 spiro atoms. The fourth-order valence-corrected chi connectivity index (χ4v) is 4.39. The monoisotopic (exact) mass is 474 g/mol. The van der Waals surface area contributed by atoms with Crippen LogP contribution in [0, 0.1) is 0 Å². The van der Waals surface area contributed by atoms with Crippen LogP contribution in [0.15, 0.2) is 94.9 Å². The fraction of sp³-hybridized carbons (Fsp3) is 0.185. The zero-order valence-corrected chi connectivity index (χ0v) is 19.7. The summed E-state index contributed by atoms with van der Waals surface area (Å²) < 4.78 is 10.7. The number of hydrogen-bond donors (Lipinski definition) is 1. The summed E-state index contributed by atoms with van der Waals surface area (Å²) in [5, 5.41) is 4.95. The number of benzene rings is 2. The molecule has 34 heavy (non-hydrogen) atoms. The molecular weight excluding hydrogens is 448 g/mol. The molecule has 2 aromatic heterocycles. The van der Waals surface area contributed by atoms with Crippen molar-refractivity contribution in [1.82, 2.24) is 10.2 Å². The molecule has 174 valence electrons. The van der Waals surface area contributed by atoms with Crippen LogP contribution < -0.4 is 10.1 Å². The molecule has 0 saturated carbocycles. The van der Waals surface area contributed by atoms with Crippen molar-refractivity contribution >= 4 is 23.2 Å². The Balaban J connectivity index is 1.61. The van der Waals surface area contributed by atoms with Crippen LogP contribution in [-0.2, 0) is 29.1 Å². The third-order valence-corrected chi connectivity index (χ3v) is 6.31. The lowest BCUT2D eigenvalue weighted by Gasteiger charge is -2.31. The van der Waals surface area contributed by atoms with E-state index in [4.69, 9.17) is 9.15 Å². The van der Waals surface area contributed by atoms with E-state index in [1.54, 1.807) is 24.3 Å². The van der Waals surface area contributed by atoms with Crippen LogP contribution in [0.5, 0.6) is 5.75 Å². The highest BCUT2D eigenvalue weighted by atomic mass is 32.1. The zero-order chi connectivity index (χ0) is 23.8.